The number of aromatic nitrogens is 3. The number of pyridine rings is 2. The first-order chi connectivity index (χ1) is 15.2. The van der Waals surface area contributed by atoms with E-state index in [1.54, 1.807) is 12.4 Å². The zero-order valence-electron chi connectivity index (χ0n) is 17.4. The van der Waals surface area contributed by atoms with Crippen LogP contribution in [-0.2, 0) is 6.54 Å². The molecule has 1 aliphatic rings. The van der Waals surface area contributed by atoms with Crippen molar-refractivity contribution >= 4 is 16.8 Å². The lowest BCUT2D eigenvalue weighted by Gasteiger charge is -2.34. The Morgan fingerprint density at radius 2 is 1.90 bits per heavy atom. The second-order valence-corrected chi connectivity index (χ2v) is 7.82. The summed E-state index contributed by atoms with van der Waals surface area (Å²) in [4.78, 5) is 26.7. The van der Waals surface area contributed by atoms with Crippen LogP contribution in [0.1, 0.15) is 21.8 Å². The van der Waals surface area contributed by atoms with Gasteiger partial charge in [-0.25, -0.2) is 4.98 Å². The maximum Gasteiger partial charge on any atom is 0.254 e. The second-order valence-electron chi connectivity index (χ2n) is 7.82. The van der Waals surface area contributed by atoms with Gasteiger partial charge in [0.05, 0.1) is 29.0 Å². The van der Waals surface area contributed by atoms with Gasteiger partial charge in [-0.1, -0.05) is 23.4 Å². The quantitative estimate of drug-likeness (QED) is 0.509. The molecule has 156 valence electrons. The molecule has 1 fully saturated rings. The first-order valence-corrected chi connectivity index (χ1v) is 10.4. The highest BCUT2D eigenvalue weighted by Gasteiger charge is 2.25. The number of fused-ring (bicyclic) bond motifs is 1. The molecule has 0 unspecified atom stereocenters. The Balaban J connectivity index is 1.38. The number of carbonyl (C=O) groups excluding carboxylic acids is 1. The highest BCUT2D eigenvalue weighted by Crippen LogP contribution is 2.26. The van der Waals surface area contributed by atoms with E-state index in [0.717, 1.165) is 46.7 Å². The molecule has 0 N–H and O–H groups in total. The molecule has 5 rings (SSSR count). The van der Waals surface area contributed by atoms with Crippen LogP contribution < -0.4 is 0 Å². The van der Waals surface area contributed by atoms with Crippen LogP contribution in [0.3, 0.4) is 0 Å². The minimum Gasteiger partial charge on any atom is -0.360 e. The fourth-order valence-corrected chi connectivity index (χ4v) is 4.01. The molecular weight excluding hydrogens is 390 g/mol. The van der Waals surface area contributed by atoms with E-state index < -0.39 is 0 Å². The minimum absolute atomic E-state index is 0.0406. The molecule has 7 heteroatoms. The highest BCUT2D eigenvalue weighted by molar-refractivity contribution is 6.07. The zero-order valence-corrected chi connectivity index (χ0v) is 17.4. The number of hydrogen-bond acceptors (Lipinski definition) is 6. The number of rotatable bonds is 4. The fourth-order valence-electron chi connectivity index (χ4n) is 4.01. The largest absolute Gasteiger partial charge is 0.360 e. The third-order valence-corrected chi connectivity index (χ3v) is 5.62. The van der Waals surface area contributed by atoms with Gasteiger partial charge in [-0.3, -0.25) is 14.7 Å². The Morgan fingerprint density at radius 3 is 2.65 bits per heavy atom. The highest BCUT2D eigenvalue weighted by atomic mass is 16.5. The fraction of sp³-hybridized carbons (Fsp3) is 0.250. The van der Waals surface area contributed by atoms with Gasteiger partial charge >= 0.3 is 0 Å². The van der Waals surface area contributed by atoms with Crippen molar-refractivity contribution in [2.75, 3.05) is 26.2 Å². The van der Waals surface area contributed by atoms with E-state index in [2.05, 4.69) is 15.0 Å². The molecule has 1 aliphatic heterocycles. The molecule has 0 spiro atoms. The molecule has 0 radical (unpaired) electrons. The van der Waals surface area contributed by atoms with Crippen LogP contribution in [0.4, 0.5) is 0 Å². The van der Waals surface area contributed by atoms with E-state index in [1.807, 2.05) is 60.4 Å². The number of hydrogen-bond donors (Lipinski definition) is 0. The van der Waals surface area contributed by atoms with E-state index in [9.17, 15) is 4.79 Å². The maximum atomic E-state index is 13.5. The number of aryl methyl sites for hydroxylation is 1. The van der Waals surface area contributed by atoms with Crippen molar-refractivity contribution in [3.63, 3.8) is 0 Å². The summed E-state index contributed by atoms with van der Waals surface area (Å²) in [5.74, 6) is 0.900. The average Bonchev–Trinajstić information content (AvgIpc) is 3.23. The van der Waals surface area contributed by atoms with E-state index in [0.29, 0.717) is 25.2 Å². The van der Waals surface area contributed by atoms with Crippen molar-refractivity contribution in [1.29, 1.82) is 0 Å². The molecular formula is C24H23N5O2. The van der Waals surface area contributed by atoms with Crippen molar-refractivity contribution < 1.29 is 9.32 Å². The van der Waals surface area contributed by atoms with Crippen molar-refractivity contribution in [2.24, 2.45) is 0 Å². The van der Waals surface area contributed by atoms with Gasteiger partial charge in [0.1, 0.15) is 0 Å². The van der Waals surface area contributed by atoms with Gasteiger partial charge in [0.2, 0.25) is 0 Å². The second kappa shape index (κ2) is 8.28. The van der Waals surface area contributed by atoms with Crippen molar-refractivity contribution in [2.45, 2.75) is 13.5 Å². The van der Waals surface area contributed by atoms with Gasteiger partial charge in [-0.05, 0) is 31.2 Å². The predicted octanol–water partition coefficient (Wildman–Crippen LogP) is 3.55. The summed E-state index contributed by atoms with van der Waals surface area (Å²) in [6.07, 6.45) is 3.51. The Labute approximate surface area is 180 Å². The third-order valence-electron chi connectivity index (χ3n) is 5.62. The van der Waals surface area contributed by atoms with E-state index in [4.69, 9.17) is 9.51 Å². The molecule has 3 aromatic heterocycles. The lowest BCUT2D eigenvalue weighted by atomic mass is 10.0. The summed E-state index contributed by atoms with van der Waals surface area (Å²) < 4.78 is 5.33. The van der Waals surface area contributed by atoms with Gasteiger partial charge in [0, 0.05) is 55.6 Å². The molecule has 1 amide bonds. The van der Waals surface area contributed by atoms with E-state index >= 15 is 0 Å². The normalized spacial score (nSPS) is 14.8. The number of nitrogens with zero attached hydrogens (tertiary/aromatic N) is 5. The zero-order chi connectivity index (χ0) is 21.2. The van der Waals surface area contributed by atoms with Crippen LogP contribution in [0.15, 0.2) is 65.4 Å². The monoisotopic (exact) mass is 413 g/mol. The maximum absolute atomic E-state index is 13.5. The summed E-state index contributed by atoms with van der Waals surface area (Å²) >= 11 is 0. The van der Waals surface area contributed by atoms with Gasteiger partial charge in [0.15, 0.2) is 5.76 Å². The van der Waals surface area contributed by atoms with Crippen LogP contribution >= 0.6 is 0 Å². The summed E-state index contributed by atoms with van der Waals surface area (Å²) in [6, 6.07) is 15.5. The molecule has 0 bridgehead atoms. The van der Waals surface area contributed by atoms with Crippen LogP contribution in [0.5, 0.6) is 0 Å². The molecule has 0 saturated carbocycles. The summed E-state index contributed by atoms with van der Waals surface area (Å²) in [7, 11) is 0. The van der Waals surface area contributed by atoms with Crippen LogP contribution in [0, 0.1) is 6.92 Å². The molecule has 1 aromatic carbocycles. The molecule has 4 heterocycles. The summed E-state index contributed by atoms with van der Waals surface area (Å²) in [5, 5.41) is 4.83. The number of carbonyl (C=O) groups is 1. The first-order valence-electron chi connectivity index (χ1n) is 10.4. The molecule has 0 aliphatic carbocycles. The minimum atomic E-state index is 0.0406. The van der Waals surface area contributed by atoms with Gasteiger partial charge in [-0.2, -0.15) is 0 Å². The van der Waals surface area contributed by atoms with Crippen molar-refractivity contribution in [1.82, 2.24) is 24.9 Å². The molecule has 1 saturated heterocycles. The van der Waals surface area contributed by atoms with Gasteiger partial charge < -0.3 is 9.42 Å². The lowest BCUT2D eigenvalue weighted by Crippen LogP contribution is -2.48. The topological polar surface area (TPSA) is 75.4 Å². The Kier molecular flexibility index (Phi) is 5.18. The number of piperazine rings is 1. The Bertz CT molecular complexity index is 1210. The Hall–Kier alpha value is -3.58. The molecule has 0 atom stereocenters. The smallest absolute Gasteiger partial charge is 0.254 e. The lowest BCUT2D eigenvalue weighted by molar-refractivity contribution is 0.0619. The number of benzene rings is 1. The van der Waals surface area contributed by atoms with Crippen LogP contribution in [0.25, 0.3) is 22.2 Å². The average molecular weight is 413 g/mol. The van der Waals surface area contributed by atoms with E-state index in [-0.39, 0.29) is 5.91 Å². The van der Waals surface area contributed by atoms with Crippen LogP contribution in [-0.4, -0.2) is 57.0 Å². The SMILES string of the molecule is Cc1cc(CN2CCN(C(=O)c3cc(-c4cccnc4)nc4ccccc34)CC2)on1. The summed E-state index contributed by atoms with van der Waals surface area (Å²) in [5.41, 5.74) is 4.04. The standard InChI is InChI=1S/C24H23N5O2/c1-17-13-19(31-27-17)16-28-9-11-29(12-10-28)24(30)21-14-23(18-5-4-8-25-15-18)26-22-7-3-2-6-20(21)22/h2-8,13-15H,9-12,16H2,1H3. The van der Waals surface area contributed by atoms with E-state index in [1.165, 1.54) is 0 Å². The van der Waals surface area contributed by atoms with Crippen molar-refractivity contribution in [3.05, 3.63) is 77.9 Å². The first kappa shape index (κ1) is 19.4. The number of para-hydroxylation sites is 1. The summed E-state index contributed by atoms with van der Waals surface area (Å²) in [6.45, 7) is 5.57. The Morgan fingerprint density at radius 1 is 1.06 bits per heavy atom. The molecule has 7 nitrogen and oxygen atoms in total. The van der Waals surface area contributed by atoms with Crippen LogP contribution in [0.2, 0.25) is 0 Å². The van der Waals surface area contributed by atoms with Gasteiger partial charge in [-0.15, -0.1) is 0 Å². The van der Waals surface area contributed by atoms with Crippen molar-refractivity contribution in [3.8, 4) is 11.3 Å². The third kappa shape index (κ3) is 4.04. The van der Waals surface area contributed by atoms with Gasteiger partial charge in [0.25, 0.3) is 5.91 Å². The number of amides is 1. The molecule has 4 aromatic rings. The molecule has 31 heavy (non-hydrogen) atoms. The predicted molar refractivity (Wildman–Crippen MR) is 117 cm³/mol.